The first kappa shape index (κ1) is 19.2. The lowest BCUT2D eigenvalue weighted by Gasteiger charge is -2.40. The number of rotatable bonds is 4. The lowest BCUT2D eigenvalue weighted by molar-refractivity contribution is 0.0616. The molecule has 156 valence electrons. The van der Waals surface area contributed by atoms with Crippen LogP contribution in [0.3, 0.4) is 0 Å². The molecule has 1 aliphatic heterocycles. The predicted molar refractivity (Wildman–Crippen MR) is 118 cm³/mol. The van der Waals surface area contributed by atoms with Crippen LogP contribution in [-0.2, 0) is 0 Å². The molecule has 4 aromatic rings. The second-order valence-electron chi connectivity index (χ2n) is 7.72. The van der Waals surface area contributed by atoms with Crippen molar-refractivity contribution < 1.29 is 4.79 Å². The van der Waals surface area contributed by atoms with E-state index in [9.17, 15) is 4.79 Å². The van der Waals surface area contributed by atoms with Crippen molar-refractivity contribution >= 4 is 22.8 Å². The molecule has 3 heterocycles. The molecule has 0 unspecified atom stereocenters. The lowest BCUT2D eigenvalue weighted by atomic mass is 9.96. The molecule has 0 radical (unpaired) electrons. The first-order valence-electron chi connectivity index (χ1n) is 10.5. The number of para-hydroxylation sites is 2. The van der Waals surface area contributed by atoms with Crippen LogP contribution in [0.15, 0.2) is 67.1 Å². The normalized spacial score (nSPS) is 18.8. The van der Waals surface area contributed by atoms with Gasteiger partial charge in [-0.2, -0.15) is 15.0 Å². The Labute approximate surface area is 179 Å². The molecule has 2 aromatic heterocycles. The van der Waals surface area contributed by atoms with Crippen molar-refractivity contribution in [3.05, 3.63) is 72.7 Å². The third kappa shape index (κ3) is 3.72. The second kappa shape index (κ2) is 8.14. The molecule has 0 saturated carbocycles. The summed E-state index contributed by atoms with van der Waals surface area (Å²) in [4.78, 5) is 26.0. The average molecular weight is 413 g/mol. The number of nitrogens with one attached hydrogen (secondary N) is 1. The summed E-state index contributed by atoms with van der Waals surface area (Å²) in [5, 5.41) is 12.9. The Balaban J connectivity index is 1.38. The lowest BCUT2D eigenvalue weighted by Crippen LogP contribution is -2.52. The number of likely N-dealkylation sites (tertiary alicyclic amines) is 1. The molecule has 1 N–H and O–H groups in total. The van der Waals surface area contributed by atoms with E-state index >= 15 is 0 Å². The number of aromatic nitrogens is 5. The monoisotopic (exact) mass is 413 g/mol. The van der Waals surface area contributed by atoms with Gasteiger partial charge in [0.25, 0.3) is 5.91 Å². The topological polar surface area (TPSA) is 88.8 Å². The fourth-order valence-electron chi connectivity index (χ4n) is 4.15. The van der Waals surface area contributed by atoms with Crippen LogP contribution in [0.5, 0.6) is 0 Å². The summed E-state index contributed by atoms with van der Waals surface area (Å²) in [5.74, 6) is 0.567. The predicted octanol–water partition coefficient (Wildman–Crippen LogP) is 3.32. The number of carbonyl (C=O) groups excluding carboxylic acids is 1. The molecule has 8 nitrogen and oxygen atoms in total. The van der Waals surface area contributed by atoms with Gasteiger partial charge in [-0.3, -0.25) is 4.79 Å². The number of carbonyl (C=O) groups is 1. The molecule has 1 fully saturated rings. The largest absolute Gasteiger partial charge is 0.349 e. The molecule has 1 saturated heterocycles. The van der Waals surface area contributed by atoms with Crippen LogP contribution in [0.25, 0.3) is 16.6 Å². The van der Waals surface area contributed by atoms with Gasteiger partial charge < -0.3 is 10.2 Å². The van der Waals surface area contributed by atoms with E-state index in [1.807, 2.05) is 59.6 Å². The fraction of sp³-hybridized carbons (Fsp3) is 0.261. The Bertz CT molecular complexity index is 1210. The van der Waals surface area contributed by atoms with Gasteiger partial charge in [-0.15, -0.1) is 0 Å². The zero-order valence-corrected chi connectivity index (χ0v) is 17.2. The smallest absolute Gasteiger partial charge is 0.256 e. The van der Waals surface area contributed by atoms with E-state index < -0.39 is 0 Å². The highest BCUT2D eigenvalue weighted by molar-refractivity contribution is 5.98. The molecule has 0 spiro atoms. The number of hydrogen-bond acceptors (Lipinski definition) is 6. The van der Waals surface area contributed by atoms with Crippen molar-refractivity contribution in [1.29, 1.82) is 0 Å². The third-order valence-corrected chi connectivity index (χ3v) is 5.82. The van der Waals surface area contributed by atoms with Gasteiger partial charge in [0.1, 0.15) is 0 Å². The van der Waals surface area contributed by atoms with Crippen molar-refractivity contribution in [1.82, 2.24) is 29.9 Å². The molecule has 0 aliphatic carbocycles. The van der Waals surface area contributed by atoms with Crippen LogP contribution in [0.1, 0.15) is 30.1 Å². The van der Waals surface area contributed by atoms with E-state index in [4.69, 9.17) is 0 Å². The highest BCUT2D eigenvalue weighted by atomic mass is 16.2. The summed E-state index contributed by atoms with van der Waals surface area (Å²) in [6.45, 7) is 2.78. The highest BCUT2D eigenvalue weighted by Gasteiger charge is 2.33. The highest BCUT2D eigenvalue weighted by Crippen LogP contribution is 2.25. The zero-order chi connectivity index (χ0) is 21.2. The minimum absolute atomic E-state index is 0.0186. The number of benzene rings is 2. The van der Waals surface area contributed by atoms with Crippen molar-refractivity contribution in [3.8, 4) is 5.69 Å². The van der Waals surface area contributed by atoms with Crippen LogP contribution in [0, 0.1) is 0 Å². The van der Waals surface area contributed by atoms with Gasteiger partial charge in [0.15, 0.2) is 0 Å². The Hall–Kier alpha value is -3.81. The molecule has 1 aliphatic rings. The molecule has 8 heteroatoms. The summed E-state index contributed by atoms with van der Waals surface area (Å²) in [6.07, 6.45) is 6.89. The van der Waals surface area contributed by atoms with Gasteiger partial charge >= 0.3 is 0 Å². The number of amides is 1. The molecule has 1 amide bonds. The molecule has 5 rings (SSSR count). The van der Waals surface area contributed by atoms with Crippen LogP contribution < -0.4 is 5.32 Å². The summed E-state index contributed by atoms with van der Waals surface area (Å²) in [7, 11) is 0. The molecule has 2 aromatic carbocycles. The Kier molecular flexibility index (Phi) is 5.03. The standard InChI is InChI=1S/C23H23N7O/c1-16-19(27-23-24-15-17-7-2-4-9-20(17)28-23)10-6-14-29(16)22(31)18-8-3-5-11-21(18)30-25-12-13-26-30/h2-5,7-9,11-13,15-16,19H,6,10,14H2,1H3,(H,24,27,28)/t16-,19+/m1/s1. The van der Waals surface area contributed by atoms with Gasteiger partial charge in [0.2, 0.25) is 5.95 Å². The van der Waals surface area contributed by atoms with Crippen LogP contribution in [0.4, 0.5) is 5.95 Å². The second-order valence-corrected chi connectivity index (χ2v) is 7.72. The van der Waals surface area contributed by atoms with Gasteiger partial charge in [0.05, 0.1) is 29.2 Å². The summed E-state index contributed by atoms with van der Waals surface area (Å²) in [5.41, 5.74) is 2.17. The van der Waals surface area contributed by atoms with E-state index in [0.717, 1.165) is 23.7 Å². The minimum Gasteiger partial charge on any atom is -0.349 e. The van der Waals surface area contributed by atoms with Crippen molar-refractivity contribution in [2.24, 2.45) is 0 Å². The molecular formula is C23H23N7O. The van der Waals surface area contributed by atoms with E-state index in [1.54, 1.807) is 12.4 Å². The molecule has 2 atom stereocenters. The first-order chi connectivity index (χ1) is 15.2. The van der Waals surface area contributed by atoms with Gasteiger partial charge in [-0.1, -0.05) is 30.3 Å². The quantitative estimate of drug-likeness (QED) is 0.552. The minimum atomic E-state index is -0.0219. The Morgan fingerprint density at radius 2 is 1.84 bits per heavy atom. The number of piperidine rings is 1. The SMILES string of the molecule is C[C@@H]1[C@@H](Nc2ncc3ccccc3n2)CCCN1C(=O)c1ccccc1-n1nccn1. The van der Waals surface area contributed by atoms with E-state index in [2.05, 4.69) is 32.4 Å². The van der Waals surface area contributed by atoms with Crippen LogP contribution in [-0.4, -0.2) is 54.4 Å². The maximum atomic E-state index is 13.5. The van der Waals surface area contributed by atoms with E-state index in [0.29, 0.717) is 23.7 Å². The number of anilines is 1. The van der Waals surface area contributed by atoms with E-state index in [-0.39, 0.29) is 18.0 Å². The number of nitrogens with zero attached hydrogens (tertiary/aromatic N) is 6. The fourth-order valence-corrected chi connectivity index (χ4v) is 4.15. The average Bonchev–Trinajstić information content (AvgIpc) is 3.35. The Morgan fingerprint density at radius 1 is 1.06 bits per heavy atom. The van der Waals surface area contributed by atoms with E-state index in [1.165, 1.54) is 4.80 Å². The van der Waals surface area contributed by atoms with Crippen LogP contribution in [0.2, 0.25) is 0 Å². The van der Waals surface area contributed by atoms with Gasteiger partial charge in [0, 0.05) is 30.2 Å². The van der Waals surface area contributed by atoms with Crippen molar-refractivity contribution in [2.75, 3.05) is 11.9 Å². The first-order valence-corrected chi connectivity index (χ1v) is 10.5. The summed E-state index contributed by atoms with van der Waals surface area (Å²) in [6, 6.07) is 15.4. The molecule has 31 heavy (non-hydrogen) atoms. The zero-order valence-electron chi connectivity index (χ0n) is 17.2. The number of hydrogen-bond donors (Lipinski definition) is 1. The maximum absolute atomic E-state index is 13.5. The molecule has 0 bridgehead atoms. The Morgan fingerprint density at radius 3 is 2.71 bits per heavy atom. The maximum Gasteiger partial charge on any atom is 0.256 e. The van der Waals surface area contributed by atoms with Gasteiger partial charge in [-0.05, 0) is 38.0 Å². The molecular weight excluding hydrogens is 390 g/mol. The summed E-state index contributed by atoms with van der Waals surface area (Å²) < 4.78 is 0. The van der Waals surface area contributed by atoms with Crippen LogP contribution >= 0.6 is 0 Å². The third-order valence-electron chi connectivity index (χ3n) is 5.82. The van der Waals surface area contributed by atoms with Crippen molar-refractivity contribution in [3.63, 3.8) is 0 Å². The van der Waals surface area contributed by atoms with Crippen molar-refractivity contribution in [2.45, 2.75) is 31.8 Å². The van der Waals surface area contributed by atoms with Gasteiger partial charge in [-0.25, -0.2) is 9.97 Å². The number of fused-ring (bicyclic) bond motifs is 1. The summed E-state index contributed by atoms with van der Waals surface area (Å²) >= 11 is 0.